The van der Waals surface area contributed by atoms with Gasteiger partial charge in [-0.25, -0.2) is 0 Å². The predicted octanol–water partition coefficient (Wildman–Crippen LogP) is 5.54. The van der Waals surface area contributed by atoms with Gasteiger partial charge in [-0.1, -0.05) is 41.4 Å². The number of para-hydroxylation sites is 1. The number of Topliss-reactive ketones (excluding diaryl/α,β-unsaturated/α-hetero) is 1. The van der Waals surface area contributed by atoms with E-state index in [9.17, 15) is 14.7 Å². The van der Waals surface area contributed by atoms with Crippen molar-refractivity contribution in [1.82, 2.24) is 0 Å². The van der Waals surface area contributed by atoms with Crippen LogP contribution in [0, 0.1) is 6.92 Å². The number of nitrogens with zero attached hydrogens (tertiary/aromatic N) is 1. The summed E-state index contributed by atoms with van der Waals surface area (Å²) in [7, 11) is 2.73. The van der Waals surface area contributed by atoms with Crippen molar-refractivity contribution >= 4 is 46.3 Å². The van der Waals surface area contributed by atoms with Gasteiger partial charge >= 0.3 is 0 Å². The Morgan fingerprint density at radius 3 is 2.27 bits per heavy atom. The second-order valence-corrected chi connectivity index (χ2v) is 8.02. The lowest BCUT2D eigenvalue weighted by Crippen LogP contribution is -2.29. The predicted molar refractivity (Wildman–Crippen MR) is 124 cm³/mol. The van der Waals surface area contributed by atoms with Gasteiger partial charge in [0.15, 0.2) is 11.5 Å². The van der Waals surface area contributed by atoms with Crippen LogP contribution in [0.15, 0.2) is 58.5 Å². The number of aliphatic hydroxyl groups is 1. The van der Waals surface area contributed by atoms with E-state index < -0.39 is 23.5 Å². The number of carbonyl (C=O) groups excluding carboxylic acids is 2. The quantitative estimate of drug-likeness (QED) is 0.288. The van der Waals surface area contributed by atoms with Crippen molar-refractivity contribution in [3.63, 3.8) is 0 Å². The molecule has 1 aliphatic rings. The second kappa shape index (κ2) is 8.84. The second-order valence-electron chi connectivity index (χ2n) is 7.24. The fraction of sp³-hybridized carbons (Fsp3) is 0.167. The molecule has 0 radical (unpaired) electrons. The molecule has 1 fully saturated rings. The number of furan rings is 1. The van der Waals surface area contributed by atoms with Gasteiger partial charge in [0.2, 0.25) is 0 Å². The average Bonchev–Trinajstić information content (AvgIpc) is 3.34. The minimum Gasteiger partial charge on any atom is -0.507 e. The first kappa shape index (κ1) is 22.8. The summed E-state index contributed by atoms with van der Waals surface area (Å²) in [5, 5.41) is 11.4. The monoisotopic (exact) mass is 487 g/mol. The topological polar surface area (TPSA) is 89.2 Å². The zero-order valence-electron chi connectivity index (χ0n) is 17.9. The van der Waals surface area contributed by atoms with Crippen molar-refractivity contribution in [1.29, 1.82) is 0 Å². The molecule has 1 saturated heterocycles. The van der Waals surface area contributed by atoms with Crippen LogP contribution in [0.5, 0.6) is 11.5 Å². The van der Waals surface area contributed by atoms with Gasteiger partial charge in [0.1, 0.15) is 28.3 Å². The molecule has 7 nitrogen and oxygen atoms in total. The van der Waals surface area contributed by atoms with Crippen LogP contribution in [-0.4, -0.2) is 31.0 Å². The third-order valence-electron chi connectivity index (χ3n) is 5.30. The van der Waals surface area contributed by atoms with Crippen LogP contribution >= 0.6 is 23.2 Å². The normalized spacial score (nSPS) is 17.5. The highest BCUT2D eigenvalue weighted by Gasteiger charge is 2.48. The summed E-state index contributed by atoms with van der Waals surface area (Å²) >= 11 is 12.6. The molecule has 0 spiro atoms. The number of hydrogen-bond donors (Lipinski definition) is 1. The molecular formula is C24H19Cl2NO6. The van der Waals surface area contributed by atoms with Gasteiger partial charge in [-0.2, -0.15) is 0 Å². The summed E-state index contributed by atoms with van der Waals surface area (Å²) in [5.41, 5.74) is 0.317. The van der Waals surface area contributed by atoms with Crippen molar-refractivity contribution in [3.05, 3.63) is 81.2 Å². The van der Waals surface area contributed by atoms with Crippen molar-refractivity contribution in [2.45, 2.75) is 13.0 Å². The van der Waals surface area contributed by atoms with Crippen LogP contribution in [0.4, 0.5) is 5.69 Å². The van der Waals surface area contributed by atoms with Crippen LogP contribution in [0.2, 0.25) is 10.0 Å². The van der Waals surface area contributed by atoms with Gasteiger partial charge in [0.25, 0.3) is 11.7 Å². The Hall–Kier alpha value is -3.42. The first-order chi connectivity index (χ1) is 15.8. The number of aliphatic hydroxyl groups excluding tert-OH is 1. The molecule has 9 heteroatoms. The summed E-state index contributed by atoms with van der Waals surface area (Å²) < 4.78 is 16.4. The highest BCUT2D eigenvalue weighted by molar-refractivity contribution is 6.51. The van der Waals surface area contributed by atoms with Crippen molar-refractivity contribution in [2.24, 2.45) is 0 Å². The number of ether oxygens (including phenoxy) is 2. The molecule has 0 aliphatic carbocycles. The van der Waals surface area contributed by atoms with E-state index in [2.05, 4.69) is 0 Å². The van der Waals surface area contributed by atoms with E-state index in [0.29, 0.717) is 17.2 Å². The molecule has 2 aromatic carbocycles. The van der Waals surface area contributed by atoms with Gasteiger partial charge in [-0.3, -0.25) is 14.5 Å². The molecule has 1 aliphatic heterocycles. The SMILES string of the molecule is COc1c(Cl)cc(/C(O)=C2\C(=O)C(=O)N(c3ccccc3)C2c2ccc(C)o2)c(OC)c1Cl. The Labute approximate surface area is 199 Å². The third kappa shape index (κ3) is 3.73. The number of benzene rings is 2. The minimum absolute atomic E-state index is 0.0109. The fourth-order valence-corrected chi connectivity index (χ4v) is 4.54. The molecule has 170 valence electrons. The summed E-state index contributed by atoms with van der Waals surface area (Å²) in [6, 6.07) is 12.4. The Kier molecular flexibility index (Phi) is 6.10. The maximum atomic E-state index is 13.2. The maximum Gasteiger partial charge on any atom is 0.300 e. The molecular weight excluding hydrogens is 469 g/mol. The van der Waals surface area contributed by atoms with Crippen LogP contribution in [0.1, 0.15) is 23.1 Å². The van der Waals surface area contributed by atoms with Gasteiger partial charge in [-0.05, 0) is 37.3 Å². The largest absolute Gasteiger partial charge is 0.507 e. The Morgan fingerprint density at radius 1 is 1.03 bits per heavy atom. The molecule has 1 N–H and O–H groups in total. The highest BCUT2D eigenvalue weighted by atomic mass is 35.5. The summed E-state index contributed by atoms with van der Waals surface area (Å²) in [5.74, 6) is -1.13. The molecule has 4 rings (SSSR count). The number of anilines is 1. The van der Waals surface area contributed by atoms with Gasteiger partial charge in [0, 0.05) is 5.69 Å². The van der Waals surface area contributed by atoms with Gasteiger partial charge in [-0.15, -0.1) is 0 Å². The summed E-state index contributed by atoms with van der Waals surface area (Å²) in [6.45, 7) is 1.74. The molecule has 0 bridgehead atoms. The molecule has 1 amide bonds. The van der Waals surface area contributed by atoms with Gasteiger partial charge < -0.3 is 19.0 Å². The van der Waals surface area contributed by atoms with E-state index in [0.717, 1.165) is 0 Å². The fourth-order valence-electron chi connectivity index (χ4n) is 3.85. The van der Waals surface area contributed by atoms with E-state index >= 15 is 0 Å². The lowest BCUT2D eigenvalue weighted by molar-refractivity contribution is -0.132. The number of rotatable bonds is 5. The number of hydrogen-bond acceptors (Lipinski definition) is 6. The Bertz CT molecular complexity index is 1280. The molecule has 0 saturated carbocycles. The number of halogens is 2. The number of ketones is 1. The zero-order chi connectivity index (χ0) is 23.9. The van der Waals surface area contributed by atoms with E-state index in [4.69, 9.17) is 37.1 Å². The van der Waals surface area contributed by atoms with Crippen LogP contribution < -0.4 is 14.4 Å². The van der Waals surface area contributed by atoms with Gasteiger partial charge in [0.05, 0.1) is 30.4 Å². The molecule has 33 heavy (non-hydrogen) atoms. The zero-order valence-corrected chi connectivity index (χ0v) is 19.4. The maximum absolute atomic E-state index is 13.2. The van der Waals surface area contributed by atoms with Crippen molar-refractivity contribution in [3.8, 4) is 11.5 Å². The third-order valence-corrected chi connectivity index (χ3v) is 5.93. The molecule has 1 atom stereocenters. The number of aryl methyl sites for hydroxylation is 1. The lowest BCUT2D eigenvalue weighted by atomic mass is 9.98. The minimum atomic E-state index is -1.02. The Balaban J connectivity index is 2.00. The summed E-state index contributed by atoms with van der Waals surface area (Å²) in [6.07, 6.45) is 0. The standard InChI is InChI=1S/C24H19Cl2NO6/c1-12-9-10-16(33-12)19-17(21(29)24(30)27(19)13-7-5-4-6-8-13)20(28)14-11-15(25)23(32-3)18(26)22(14)31-2/h4-11,19,28H,1-3H3/b20-17+. The first-order valence-electron chi connectivity index (χ1n) is 9.82. The highest BCUT2D eigenvalue weighted by Crippen LogP contribution is 2.48. The first-order valence-corrected chi connectivity index (χ1v) is 10.6. The smallest absolute Gasteiger partial charge is 0.300 e. The van der Waals surface area contributed by atoms with E-state index in [1.807, 2.05) is 0 Å². The molecule has 2 heterocycles. The lowest BCUT2D eigenvalue weighted by Gasteiger charge is -2.23. The van der Waals surface area contributed by atoms with Crippen LogP contribution in [-0.2, 0) is 9.59 Å². The average molecular weight is 488 g/mol. The van der Waals surface area contributed by atoms with E-state index in [-0.39, 0.29) is 32.7 Å². The molecule has 1 unspecified atom stereocenters. The molecule has 3 aromatic rings. The van der Waals surface area contributed by atoms with Crippen LogP contribution in [0.25, 0.3) is 5.76 Å². The van der Waals surface area contributed by atoms with E-state index in [1.54, 1.807) is 49.4 Å². The summed E-state index contributed by atoms with van der Waals surface area (Å²) in [4.78, 5) is 27.6. The molecule has 1 aromatic heterocycles. The number of amides is 1. The van der Waals surface area contributed by atoms with Crippen molar-refractivity contribution < 1.29 is 28.6 Å². The van der Waals surface area contributed by atoms with Crippen LogP contribution in [0.3, 0.4) is 0 Å². The van der Waals surface area contributed by atoms with E-state index in [1.165, 1.54) is 25.2 Å². The Morgan fingerprint density at radius 2 is 1.70 bits per heavy atom. The van der Waals surface area contributed by atoms with Crippen molar-refractivity contribution in [2.75, 3.05) is 19.1 Å². The number of carbonyl (C=O) groups is 2. The number of methoxy groups -OCH3 is 2.